The number of benzene rings is 1. The highest BCUT2D eigenvalue weighted by Crippen LogP contribution is 2.28. The molecule has 0 saturated heterocycles. The average Bonchev–Trinajstić information content (AvgIpc) is 2.77. The summed E-state index contributed by atoms with van der Waals surface area (Å²) in [5.41, 5.74) is 2.90. The van der Waals surface area contributed by atoms with Crippen molar-refractivity contribution >= 4 is 17.3 Å². The summed E-state index contributed by atoms with van der Waals surface area (Å²) in [5.74, 6) is -0.379. The highest BCUT2D eigenvalue weighted by Gasteiger charge is 2.16. The third kappa shape index (κ3) is 9.16. The molecule has 0 saturated carbocycles. The van der Waals surface area contributed by atoms with Crippen LogP contribution in [0.4, 0.5) is 4.39 Å². The summed E-state index contributed by atoms with van der Waals surface area (Å²) in [6.07, 6.45) is 18.3. The number of nitrogens with zero attached hydrogens (tertiary/aromatic N) is 2. The molecule has 2 nitrogen and oxygen atoms in total. The molecule has 0 aliphatic carbocycles. The van der Waals surface area contributed by atoms with Crippen LogP contribution in [0.25, 0.3) is 0 Å². The molecule has 1 aromatic carbocycles. The maximum absolute atomic E-state index is 14.1. The lowest BCUT2D eigenvalue weighted by atomic mass is 10.0. The lowest BCUT2D eigenvalue weighted by Gasteiger charge is -2.27. The molecule has 1 unspecified atom stereocenters. The minimum atomic E-state index is -0.379. The van der Waals surface area contributed by atoms with Crippen molar-refractivity contribution in [2.75, 3.05) is 7.05 Å². The van der Waals surface area contributed by atoms with Crippen molar-refractivity contribution in [3.05, 3.63) is 83.3 Å². The Morgan fingerprint density at radius 3 is 2.31 bits per heavy atom. The summed E-state index contributed by atoms with van der Waals surface area (Å²) in [7, 11) is 2.03. The summed E-state index contributed by atoms with van der Waals surface area (Å²) in [6, 6.07) is 5.46. The Balaban J connectivity index is 3.25. The third-order valence-corrected chi connectivity index (χ3v) is 5.66. The summed E-state index contributed by atoms with van der Waals surface area (Å²) in [5, 5.41) is 0.152. The number of hydrogen-bond acceptors (Lipinski definition) is 2. The van der Waals surface area contributed by atoms with Gasteiger partial charge in [0.25, 0.3) is 0 Å². The molecular weight excluding hydrogens is 419 g/mol. The van der Waals surface area contributed by atoms with Gasteiger partial charge >= 0.3 is 0 Å². The Morgan fingerprint density at radius 2 is 1.78 bits per heavy atom. The van der Waals surface area contributed by atoms with Gasteiger partial charge in [0.15, 0.2) is 0 Å². The molecule has 0 bridgehead atoms. The van der Waals surface area contributed by atoms with Gasteiger partial charge in [-0.25, -0.2) is 4.39 Å². The van der Waals surface area contributed by atoms with Crippen LogP contribution in [0.15, 0.2) is 71.9 Å². The monoisotopic (exact) mass is 458 g/mol. The van der Waals surface area contributed by atoms with Crippen molar-refractivity contribution in [3.63, 3.8) is 0 Å². The van der Waals surface area contributed by atoms with Crippen molar-refractivity contribution in [1.82, 2.24) is 4.90 Å². The predicted molar refractivity (Wildman–Crippen MR) is 140 cm³/mol. The third-order valence-electron chi connectivity index (χ3n) is 5.35. The van der Waals surface area contributed by atoms with E-state index < -0.39 is 0 Å². The average molecular weight is 459 g/mol. The first kappa shape index (κ1) is 27.9. The lowest BCUT2D eigenvalue weighted by molar-refractivity contribution is 0.315. The van der Waals surface area contributed by atoms with Gasteiger partial charge in [-0.2, -0.15) is 0 Å². The Labute approximate surface area is 200 Å². The van der Waals surface area contributed by atoms with Crippen molar-refractivity contribution < 1.29 is 4.39 Å². The zero-order valence-electron chi connectivity index (χ0n) is 20.5. The van der Waals surface area contributed by atoms with E-state index in [1.165, 1.54) is 0 Å². The first-order valence-electron chi connectivity index (χ1n) is 11.8. The van der Waals surface area contributed by atoms with Crippen LogP contribution < -0.4 is 0 Å². The van der Waals surface area contributed by atoms with E-state index in [0.29, 0.717) is 6.04 Å². The minimum absolute atomic E-state index is 0.0584. The Kier molecular flexibility index (Phi) is 13.6. The van der Waals surface area contributed by atoms with E-state index in [1.54, 1.807) is 18.2 Å². The second-order valence-electron chi connectivity index (χ2n) is 8.06. The van der Waals surface area contributed by atoms with Crippen LogP contribution >= 0.6 is 11.6 Å². The van der Waals surface area contributed by atoms with Crippen LogP contribution in [0.3, 0.4) is 0 Å². The maximum Gasteiger partial charge on any atom is 0.142 e. The fraction of sp³-hybridized carbons (Fsp3) is 0.464. The predicted octanol–water partition coefficient (Wildman–Crippen LogP) is 8.86. The van der Waals surface area contributed by atoms with Crippen LogP contribution in [0, 0.1) is 5.82 Å². The van der Waals surface area contributed by atoms with E-state index in [2.05, 4.69) is 50.6 Å². The molecule has 0 radical (unpaired) electrons. The van der Waals surface area contributed by atoms with Crippen LogP contribution in [0.5, 0.6) is 0 Å². The van der Waals surface area contributed by atoms with Gasteiger partial charge in [0.1, 0.15) is 5.82 Å². The van der Waals surface area contributed by atoms with Gasteiger partial charge in [-0.05, 0) is 62.2 Å². The highest BCUT2D eigenvalue weighted by atomic mass is 35.5. The van der Waals surface area contributed by atoms with Gasteiger partial charge < -0.3 is 4.90 Å². The largest absolute Gasteiger partial charge is 0.373 e. The molecule has 0 aliphatic heterocycles. The van der Waals surface area contributed by atoms with Gasteiger partial charge in [-0.15, -0.1) is 0 Å². The van der Waals surface area contributed by atoms with Crippen molar-refractivity contribution in [2.45, 2.75) is 78.3 Å². The summed E-state index contributed by atoms with van der Waals surface area (Å²) in [6.45, 7) is 12.5. The molecule has 4 heteroatoms. The molecule has 0 aromatic heterocycles. The summed E-state index contributed by atoms with van der Waals surface area (Å²) in [4.78, 5) is 7.21. The second-order valence-corrected chi connectivity index (χ2v) is 8.47. The van der Waals surface area contributed by atoms with Crippen LogP contribution in [0.2, 0.25) is 5.02 Å². The zero-order chi connectivity index (χ0) is 23.9. The quantitative estimate of drug-likeness (QED) is 0.201. The smallest absolute Gasteiger partial charge is 0.142 e. The molecule has 1 aromatic rings. The topological polar surface area (TPSA) is 15.6 Å². The number of halogens is 2. The van der Waals surface area contributed by atoms with Crippen molar-refractivity contribution in [3.8, 4) is 0 Å². The number of hydrogen-bond donors (Lipinski definition) is 0. The van der Waals surface area contributed by atoms with E-state index in [4.69, 9.17) is 16.6 Å². The van der Waals surface area contributed by atoms with Gasteiger partial charge in [0.2, 0.25) is 0 Å². The van der Waals surface area contributed by atoms with Crippen molar-refractivity contribution in [1.29, 1.82) is 0 Å². The van der Waals surface area contributed by atoms with Crippen LogP contribution in [-0.2, 0) is 0 Å². The number of allylic oxidation sites excluding steroid dienone is 6. The number of rotatable bonds is 14. The van der Waals surface area contributed by atoms with E-state index in [0.717, 1.165) is 55.4 Å². The molecule has 176 valence electrons. The molecule has 0 heterocycles. The molecule has 0 fully saturated rings. The summed E-state index contributed by atoms with van der Waals surface area (Å²) >= 11 is 5.89. The highest BCUT2D eigenvalue weighted by molar-refractivity contribution is 6.30. The molecule has 32 heavy (non-hydrogen) atoms. The van der Waals surface area contributed by atoms with Gasteiger partial charge in [0.05, 0.1) is 22.8 Å². The number of aliphatic imine (C=N–C) groups is 1. The van der Waals surface area contributed by atoms with Crippen LogP contribution in [0.1, 0.15) is 77.8 Å². The molecule has 0 spiro atoms. The zero-order valence-corrected chi connectivity index (χ0v) is 21.2. The standard InChI is InChI=1S/C28H40ClFN2/c1-7-12-22(27(15-10-4)31-24(13-8-2)14-9-3)19-20-32(6)28(16-11-5)23-17-18-25(29)26(30)21-23/h7,10,12,15,17-21,24,28H,1,8-9,11,13-14,16H2,2-6H3/b15-10-,20-19-,22-12+,31-27+. The van der Waals surface area contributed by atoms with Gasteiger partial charge in [-0.1, -0.05) is 82.5 Å². The summed E-state index contributed by atoms with van der Waals surface area (Å²) < 4.78 is 14.1. The minimum Gasteiger partial charge on any atom is -0.373 e. The molecular formula is C28H40ClFN2. The first-order chi connectivity index (χ1) is 15.4. The van der Waals surface area contributed by atoms with Gasteiger partial charge in [-0.3, -0.25) is 4.99 Å². The fourth-order valence-corrected chi connectivity index (χ4v) is 3.88. The van der Waals surface area contributed by atoms with Gasteiger partial charge in [0, 0.05) is 12.6 Å². The SMILES string of the molecule is C=C/C=C(\C=C/N(C)C(CCC)c1ccc(Cl)c(F)c1)C(/C=C\C)=N/C(CCC)CCC. The van der Waals surface area contributed by atoms with E-state index >= 15 is 0 Å². The van der Waals surface area contributed by atoms with E-state index in [1.807, 2.05) is 32.2 Å². The molecule has 0 aliphatic rings. The Bertz CT molecular complexity index is 817. The first-order valence-corrected chi connectivity index (χ1v) is 12.2. The van der Waals surface area contributed by atoms with Crippen LogP contribution in [-0.4, -0.2) is 23.7 Å². The normalized spacial score (nSPS) is 14.0. The lowest BCUT2D eigenvalue weighted by Crippen LogP contribution is -2.19. The molecule has 0 N–H and O–H groups in total. The Hall–Kier alpha value is -2.13. The Morgan fingerprint density at radius 1 is 1.12 bits per heavy atom. The maximum atomic E-state index is 14.1. The second kappa shape index (κ2) is 15.6. The van der Waals surface area contributed by atoms with E-state index in [9.17, 15) is 4.39 Å². The molecule has 0 amide bonds. The van der Waals surface area contributed by atoms with E-state index in [-0.39, 0.29) is 16.9 Å². The fourth-order valence-electron chi connectivity index (χ4n) is 3.76. The van der Waals surface area contributed by atoms with Crippen molar-refractivity contribution in [2.24, 2.45) is 4.99 Å². The molecule has 1 atom stereocenters. The molecule has 1 rings (SSSR count).